The molecule has 0 aliphatic carbocycles. The Bertz CT molecular complexity index is 114. The van der Waals surface area contributed by atoms with E-state index < -0.39 is 12.0 Å². The van der Waals surface area contributed by atoms with Crippen molar-refractivity contribution in [3.8, 4) is 0 Å². The molecule has 1 fully saturated rings. The predicted octanol–water partition coefficient (Wildman–Crippen LogP) is -1.77. The van der Waals surface area contributed by atoms with Gasteiger partial charge in [-0.05, 0) is 0 Å². The van der Waals surface area contributed by atoms with Crippen LogP contribution in [-0.2, 0) is 9.53 Å². The van der Waals surface area contributed by atoms with Gasteiger partial charge in [-0.15, -0.1) is 0 Å². The van der Waals surface area contributed by atoms with Crippen molar-refractivity contribution in [3.05, 3.63) is 0 Å². The molecule has 1 aliphatic rings. The molecule has 3 N–H and O–H groups in total. The summed E-state index contributed by atoms with van der Waals surface area (Å²) < 4.78 is 4.60. The summed E-state index contributed by atoms with van der Waals surface area (Å²) in [6.07, 6.45) is -0.854. The Morgan fingerprint density at radius 2 is 2.50 bits per heavy atom. The number of amides is 1. The number of carbonyl (C=O) groups excluding carboxylic acids is 1. The van der Waals surface area contributed by atoms with E-state index in [1.54, 1.807) is 0 Å². The first-order chi connectivity index (χ1) is 3.75. The van der Waals surface area contributed by atoms with Gasteiger partial charge in [-0.1, -0.05) is 0 Å². The van der Waals surface area contributed by atoms with E-state index in [2.05, 4.69) is 4.74 Å². The average molecular weight is 117 g/mol. The molecule has 0 bridgehead atoms. The third kappa shape index (κ3) is 0.801. The highest BCUT2D eigenvalue weighted by molar-refractivity contribution is 5.81. The van der Waals surface area contributed by atoms with Crippen LogP contribution in [-0.4, -0.2) is 29.8 Å². The fourth-order valence-electron chi connectivity index (χ4n) is 0.532. The zero-order valence-corrected chi connectivity index (χ0v) is 4.20. The van der Waals surface area contributed by atoms with E-state index in [0.717, 1.165) is 0 Å². The third-order valence-electron chi connectivity index (χ3n) is 1.04. The molecule has 1 rings (SSSR count). The normalized spacial score (nSPS) is 34.6. The molecule has 0 unspecified atom stereocenters. The van der Waals surface area contributed by atoms with E-state index in [-0.39, 0.29) is 12.7 Å². The van der Waals surface area contributed by atoms with E-state index in [1.807, 2.05) is 0 Å². The van der Waals surface area contributed by atoms with E-state index in [1.165, 1.54) is 0 Å². The SMILES string of the molecule is NC(=O)[C@H]1O[C@@H]1CO. The molecule has 4 nitrogen and oxygen atoms in total. The summed E-state index contributed by atoms with van der Waals surface area (Å²) in [4.78, 5) is 10.1. The van der Waals surface area contributed by atoms with Gasteiger partial charge < -0.3 is 15.6 Å². The Labute approximate surface area is 46.2 Å². The smallest absolute Gasteiger partial charge is 0.249 e. The Balaban J connectivity index is 2.26. The molecule has 1 heterocycles. The summed E-state index contributed by atoms with van der Waals surface area (Å²) in [7, 11) is 0. The number of aliphatic hydroxyl groups excluding tert-OH is 1. The van der Waals surface area contributed by atoms with Gasteiger partial charge in [-0.3, -0.25) is 4.79 Å². The van der Waals surface area contributed by atoms with Crippen LogP contribution in [0.5, 0.6) is 0 Å². The molecule has 46 valence electrons. The molecule has 1 amide bonds. The van der Waals surface area contributed by atoms with Crippen LogP contribution >= 0.6 is 0 Å². The van der Waals surface area contributed by atoms with Crippen molar-refractivity contribution in [2.45, 2.75) is 12.2 Å². The van der Waals surface area contributed by atoms with Crippen LogP contribution in [0.2, 0.25) is 0 Å². The molecular formula is C4H7NO3. The lowest BCUT2D eigenvalue weighted by atomic mass is 10.3. The molecule has 1 saturated heterocycles. The predicted molar refractivity (Wildman–Crippen MR) is 24.9 cm³/mol. The van der Waals surface area contributed by atoms with Gasteiger partial charge in [0.1, 0.15) is 6.10 Å². The summed E-state index contributed by atoms with van der Waals surface area (Å²) in [6.45, 7) is -0.117. The van der Waals surface area contributed by atoms with Gasteiger partial charge in [0.05, 0.1) is 6.61 Å². The maximum Gasteiger partial charge on any atom is 0.249 e. The Hall–Kier alpha value is -0.610. The van der Waals surface area contributed by atoms with Gasteiger partial charge in [-0.25, -0.2) is 0 Å². The van der Waals surface area contributed by atoms with E-state index >= 15 is 0 Å². The summed E-state index contributed by atoms with van der Waals surface area (Å²) in [5, 5.41) is 8.29. The summed E-state index contributed by atoms with van der Waals surface area (Å²) in [5.41, 5.74) is 4.79. The quantitative estimate of drug-likeness (QED) is 0.420. The molecule has 0 spiro atoms. The molecule has 0 aromatic carbocycles. The molecule has 0 aromatic rings. The lowest BCUT2D eigenvalue weighted by Gasteiger charge is -1.79. The van der Waals surface area contributed by atoms with Gasteiger partial charge in [0, 0.05) is 0 Å². The second-order valence-electron chi connectivity index (χ2n) is 1.68. The van der Waals surface area contributed by atoms with Crippen molar-refractivity contribution >= 4 is 5.91 Å². The number of hydrogen-bond donors (Lipinski definition) is 2. The van der Waals surface area contributed by atoms with Crippen molar-refractivity contribution in [1.29, 1.82) is 0 Å². The molecule has 1 aliphatic heterocycles. The number of carbonyl (C=O) groups is 1. The van der Waals surface area contributed by atoms with E-state index in [4.69, 9.17) is 10.8 Å². The van der Waals surface area contributed by atoms with Crippen LogP contribution < -0.4 is 5.73 Å². The summed E-state index contributed by atoms with van der Waals surface area (Å²) in [6, 6.07) is 0. The standard InChI is InChI=1S/C4H7NO3/c5-4(7)3-2(1-6)8-3/h2-3,6H,1H2,(H2,5,7)/t2-,3+/m1/s1. The summed E-state index contributed by atoms with van der Waals surface area (Å²) in [5.74, 6) is -0.496. The van der Waals surface area contributed by atoms with Crippen molar-refractivity contribution in [1.82, 2.24) is 0 Å². The molecule has 0 radical (unpaired) electrons. The van der Waals surface area contributed by atoms with Crippen molar-refractivity contribution in [2.75, 3.05) is 6.61 Å². The van der Waals surface area contributed by atoms with E-state index in [9.17, 15) is 4.79 Å². The molecule has 8 heavy (non-hydrogen) atoms. The first-order valence-corrected chi connectivity index (χ1v) is 2.31. The van der Waals surface area contributed by atoms with Crippen LogP contribution in [0.4, 0.5) is 0 Å². The Morgan fingerprint density at radius 1 is 1.88 bits per heavy atom. The number of ether oxygens (including phenoxy) is 1. The fourth-order valence-corrected chi connectivity index (χ4v) is 0.532. The van der Waals surface area contributed by atoms with Gasteiger partial charge >= 0.3 is 0 Å². The molecule has 4 heteroatoms. The highest BCUT2D eigenvalue weighted by atomic mass is 16.6. The number of rotatable bonds is 2. The molecular weight excluding hydrogens is 110 g/mol. The first-order valence-electron chi connectivity index (χ1n) is 2.31. The Morgan fingerprint density at radius 3 is 2.62 bits per heavy atom. The second kappa shape index (κ2) is 1.72. The maximum absolute atomic E-state index is 10.1. The van der Waals surface area contributed by atoms with Crippen molar-refractivity contribution in [3.63, 3.8) is 0 Å². The van der Waals surface area contributed by atoms with Gasteiger partial charge in [0.25, 0.3) is 0 Å². The van der Waals surface area contributed by atoms with Crippen LogP contribution in [0, 0.1) is 0 Å². The maximum atomic E-state index is 10.1. The Kier molecular flexibility index (Phi) is 1.19. The summed E-state index contributed by atoms with van der Waals surface area (Å²) >= 11 is 0. The van der Waals surface area contributed by atoms with Crippen LogP contribution in [0.25, 0.3) is 0 Å². The molecule has 2 atom stereocenters. The van der Waals surface area contributed by atoms with Crippen LogP contribution in [0.15, 0.2) is 0 Å². The van der Waals surface area contributed by atoms with Gasteiger partial charge in [0.15, 0.2) is 6.10 Å². The molecule has 0 aromatic heterocycles. The molecule has 0 saturated carbocycles. The topological polar surface area (TPSA) is 75.9 Å². The number of aliphatic hydroxyl groups is 1. The fraction of sp³-hybridized carbons (Fsp3) is 0.750. The van der Waals surface area contributed by atoms with Crippen molar-refractivity contribution < 1.29 is 14.6 Å². The van der Waals surface area contributed by atoms with E-state index in [0.29, 0.717) is 0 Å². The lowest BCUT2D eigenvalue weighted by Crippen LogP contribution is -2.20. The first kappa shape index (κ1) is 5.53. The monoisotopic (exact) mass is 117 g/mol. The largest absolute Gasteiger partial charge is 0.394 e. The zero-order valence-electron chi connectivity index (χ0n) is 4.20. The number of hydrogen-bond acceptors (Lipinski definition) is 3. The minimum absolute atomic E-state index is 0.117. The minimum atomic E-state index is -0.528. The van der Waals surface area contributed by atoms with Gasteiger partial charge in [-0.2, -0.15) is 0 Å². The highest BCUT2D eigenvalue weighted by Crippen LogP contribution is 2.19. The minimum Gasteiger partial charge on any atom is -0.394 e. The zero-order chi connectivity index (χ0) is 6.15. The average Bonchev–Trinajstić information content (AvgIpc) is 2.42. The van der Waals surface area contributed by atoms with Crippen LogP contribution in [0.3, 0.4) is 0 Å². The number of epoxide rings is 1. The third-order valence-corrected chi connectivity index (χ3v) is 1.04. The second-order valence-corrected chi connectivity index (χ2v) is 1.68. The number of primary amides is 1. The lowest BCUT2D eigenvalue weighted by molar-refractivity contribution is -0.119. The van der Waals surface area contributed by atoms with Gasteiger partial charge in [0.2, 0.25) is 5.91 Å². The van der Waals surface area contributed by atoms with Crippen molar-refractivity contribution in [2.24, 2.45) is 5.73 Å². The number of nitrogens with two attached hydrogens (primary N) is 1. The van der Waals surface area contributed by atoms with Crippen LogP contribution in [0.1, 0.15) is 0 Å². The highest BCUT2D eigenvalue weighted by Gasteiger charge is 2.42.